The lowest BCUT2D eigenvalue weighted by Crippen LogP contribution is -2.43. The van der Waals surface area contributed by atoms with Gasteiger partial charge in [-0.25, -0.2) is 0 Å². The Bertz CT molecular complexity index is 504. The molecule has 1 aromatic carbocycles. The minimum atomic E-state index is -4.72. The molecule has 0 radical (unpaired) electrons. The number of piperidine rings is 1. The molecule has 1 heterocycles. The van der Waals surface area contributed by atoms with E-state index < -0.39 is 6.36 Å². The van der Waals surface area contributed by atoms with Gasteiger partial charge in [0.25, 0.3) is 5.91 Å². The predicted octanol–water partition coefficient (Wildman–Crippen LogP) is 3.83. The highest BCUT2D eigenvalue weighted by Gasteiger charge is 2.31. The maximum atomic E-state index is 12.3. The van der Waals surface area contributed by atoms with Crippen molar-refractivity contribution < 1.29 is 22.7 Å². The molecule has 3 nitrogen and oxygen atoms in total. The molecule has 2 unspecified atom stereocenters. The zero-order valence-corrected chi connectivity index (χ0v) is 12.9. The van der Waals surface area contributed by atoms with Crippen LogP contribution in [0, 0.1) is 5.92 Å². The normalized spacial score (nSPS) is 23.0. The average molecular weight is 366 g/mol. The van der Waals surface area contributed by atoms with Gasteiger partial charge in [0.05, 0.1) is 0 Å². The molecule has 1 amide bonds. The predicted molar refractivity (Wildman–Crippen MR) is 75.5 cm³/mol. The van der Waals surface area contributed by atoms with E-state index in [1.165, 1.54) is 12.1 Å². The fourth-order valence-electron chi connectivity index (χ4n) is 2.19. The van der Waals surface area contributed by atoms with Gasteiger partial charge >= 0.3 is 6.36 Å². The molecule has 0 aliphatic carbocycles. The number of rotatable bonds is 2. The van der Waals surface area contributed by atoms with Crippen LogP contribution in [0.3, 0.4) is 0 Å². The van der Waals surface area contributed by atoms with Crippen LogP contribution in [0.25, 0.3) is 0 Å². The Morgan fingerprint density at radius 2 is 1.95 bits per heavy atom. The first-order valence-corrected chi connectivity index (χ1v) is 7.47. The molecule has 116 valence electrons. The average Bonchev–Trinajstić information content (AvgIpc) is 2.40. The van der Waals surface area contributed by atoms with Crippen molar-refractivity contribution >= 4 is 21.8 Å². The number of ether oxygens (including phenoxy) is 1. The number of alkyl halides is 4. The highest BCUT2D eigenvalue weighted by Crippen LogP contribution is 2.26. The fraction of sp³-hybridized carbons (Fsp3) is 0.500. The molecule has 1 aromatic rings. The summed E-state index contributed by atoms with van der Waals surface area (Å²) in [6.45, 7) is 3.37. The Balaban J connectivity index is 2.03. The molecule has 0 saturated carbocycles. The van der Waals surface area contributed by atoms with Crippen LogP contribution in [-0.2, 0) is 0 Å². The second kappa shape index (κ2) is 6.25. The molecule has 0 aromatic heterocycles. The number of carbonyl (C=O) groups excluding carboxylic acids is 1. The lowest BCUT2D eigenvalue weighted by molar-refractivity contribution is -0.274. The molecule has 0 N–H and O–H groups in total. The molecule has 21 heavy (non-hydrogen) atoms. The number of hydrogen-bond acceptors (Lipinski definition) is 2. The Hall–Kier alpha value is -1.24. The largest absolute Gasteiger partial charge is 0.573 e. The first-order chi connectivity index (χ1) is 9.76. The van der Waals surface area contributed by atoms with Gasteiger partial charge in [0.15, 0.2) is 0 Å². The van der Waals surface area contributed by atoms with Crippen LogP contribution >= 0.6 is 15.9 Å². The van der Waals surface area contributed by atoms with E-state index in [4.69, 9.17) is 0 Å². The van der Waals surface area contributed by atoms with Crippen molar-refractivity contribution in [2.45, 2.75) is 24.5 Å². The molecule has 2 rings (SSSR count). The van der Waals surface area contributed by atoms with Crippen LogP contribution in [0.1, 0.15) is 23.7 Å². The number of amides is 1. The zero-order chi connectivity index (χ0) is 15.6. The van der Waals surface area contributed by atoms with Crippen LogP contribution in [0.2, 0.25) is 0 Å². The van der Waals surface area contributed by atoms with Crippen LogP contribution in [0.4, 0.5) is 13.2 Å². The minimum Gasteiger partial charge on any atom is -0.406 e. The van der Waals surface area contributed by atoms with E-state index in [2.05, 4.69) is 27.6 Å². The Morgan fingerprint density at radius 3 is 2.48 bits per heavy atom. The van der Waals surface area contributed by atoms with Gasteiger partial charge in [0.2, 0.25) is 0 Å². The summed E-state index contributed by atoms with van der Waals surface area (Å²) in [6.07, 6.45) is -3.82. The summed E-state index contributed by atoms with van der Waals surface area (Å²) in [7, 11) is 0. The Morgan fingerprint density at radius 1 is 1.33 bits per heavy atom. The van der Waals surface area contributed by atoms with Gasteiger partial charge in [0, 0.05) is 23.5 Å². The van der Waals surface area contributed by atoms with Gasteiger partial charge in [-0.15, -0.1) is 13.2 Å². The molecule has 0 bridgehead atoms. The second-order valence-corrected chi connectivity index (χ2v) is 6.28. The second-order valence-electron chi connectivity index (χ2n) is 5.11. The van der Waals surface area contributed by atoms with Gasteiger partial charge < -0.3 is 9.64 Å². The Kier molecular flexibility index (Phi) is 4.81. The van der Waals surface area contributed by atoms with E-state index in [0.717, 1.165) is 18.6 Å². The number of halogens is 4. The number of nitrogens with zero attached hydrogens (tertiary/aromatic N) is 1. The summed E-state index contributed by atoms with van der Waals surface area (Å²) >= 11 is 3.54. The van der Waals surface area contributed by atoms with E-state index in [1.54, 1.807) is 4.90 Å². The van der Waals surface area contributed by atoms with Gasteiger partial charge in [-0.2, -0.15) is 0 Å². The van der Waals surface area contributed by atoms with E-state index in [-0.39, 0.29) is 16.5 Å². The van der Waals surface area contributed by atoms with E-state index >= 15 is 0 Å². The number of likely N-dealkylation sites (tertiary alicyclic amines) is 1. The molecular formula is C14H15BrF3NO2. The summed E-state index contributed by atoms with van der Waals surface area (Å²) in [5, 5.41) is 0. The smallest absolute Gasteiger partial charge is 0.406 e. The summed E-state index contributed by atoms with van der Waals surface area (Å²) in [4.78, 5) is 14.2. The molecule has 1 aliphatic rings. The minimum absolute atomic E-state index is 0.176. The van der Waals surface area contributed by atoms with Crippen LogP contribution in [0.5, 0.6) is 5.75 Å². The van der Waals surface area contributed by atoms with Crippen molar-refractivity contribution in [1.82, 2.24) is 4.90 Å². The summed E-state index contributed by atoms with van der Waals surface area (Å²) < 4.78 is 40.0. The highest BCUT2D eigenvalue weighted by atomic mass is 79.9. The summed E-state index contributed by atoms with van der Waals surface area (Å²) in [6, 6.07) is 5.01. The third-order valence-corrected chi connectivity index (χ3v) is 4.68. The molecule has 7 heteroatoms. The van der Waals surface area contributed by atoms with Gasteiger partial charge in [-0.1, -0.05) is 22.9 Å². The van der Waals surface area contributed by atoms with E-state index in [0.29, 0.717) is 24.6 Å². The first kappa shape index (κ1) is 16.1. The SMILES string of the molecule is CC1CCN(C(=O)c2ccc(OC(F)(F)F)cc2)CC1Br. The lowest BCUT2D eigenvalue weighted by Gasteiger charge is -2.34. The monoisotopic (exact) mass is 365 g/mol. The van der Waals surface area contributed by atoms with Crippen molar-refractivity contribution in [3.8, 4) is 5.75 Å². The van der Waals surface area contributed by atoms with Crippen molar-refractivity contribution in [3.63, 3.8) is 0 Å². The fourth-order valence-corrected chi connectivity index (χ4v) is 2.80. The number of benzene rings is 1. The van der Waals surface area contributed by atoms with Gasteiger partial charge in [0.1, 0.15) is 5.75 Å². The molecule has 0 spiro atoms. The van der Waals surface area contributed by atoms with E-state index in [1.807, 2.05) is 0 Å². The van der Waals surface area contributed by atoms with Crippen LogP contribution in [-0.4, -0.2) is 35.1 Å². The third kappa shape index (κ3) is 4.36. The van der Waals surface area contributed by atoms with Crippen molar-refractivity contribution in [1.29, 1.82) is 0 Å². The van der Waals surface area contributed by atoms with Crippen molar-refractivity contribution in [2.75, 3.05) is 13.1 Å². The highest BCUT2D eigenvalue weighted by molar-refractivity contribution is 9.09. The molecular weight excluding hydrogens is 351 g/mol. The summed E-state index contributed by atoms with van der Waals surface area (Å²) in [5.74, 6) is -0.00814. The number of carbonyl (C=O) groups is 1. The summed E-state index contributed by atoms with van der Waals surface area (Å²) in [5.41, 5.74) is 0.360. The maximum absolute atomic E-state index is 12.3. The Labute approximate surface area is 129 Å². The maximum Gasteiger partial charge on any atom is 0.573 e. The molecule has 1 aliphatic heterocycles. The third-order valence-electron chi connectivity index (χ3n) is 3.49. The molecule has 1 fully saturated rings. The first-order valence-electron chi connectivity index (χ1n) is 6.55. The van der Waals surface area contributed by atoms with Crippen LogP contribution in [0.15, 0.2) is 24.3 Å². The molecule has 1 saturated heterocycles. The van der Waals surface area contributed by atoms with Gasteiger partial charge in [-0.3, -0.25) is 4.79 Å². The quantitative estimate of drug-likeness (QED) is 0.745. The van der Waals surface area contributed by atoms with Crippen molar-refractivity contribution in [2.24, 2.45) is 5.92 Å². The van der Waals surface area contributed by atoms with E-state index in [9.17, 15) is 18.0 Å². The lowest BCUT2D eigenvalue weighted by atomic mass is 9.98. The topological polar surface area (TPSA) is 29.5 Å². The number of hydrogen-bond donors (Lipinski definition) is 0. The van der Waals surface area contributed by atoms with Gasteiger partial charge in [-0.05, 0) is 36.6 Å². The molecule has 2 atom stereocenters. The van der Waals surface area contributed by atoms with Crippen LogP contribution < -0.4 is 4.74 Å². The van der Waals surface area contributed by atoms with Crippen molar-refractivity contribution in [3.05, 3.63) is 29.8 Å². The zero-order valence-electron chi connectivity index (χ0n) is 11.4. The standard InChI is InChI=1S/C14H15BrF3NO2/c1-9-6-7-19(8-12(9)15)13(20)10-2-4-11(5-3-10)21-14(16,17)18/h2-5,9,12H,6-8H2,1H3.